The van der Waals surface area contributed by atoms with Crippen LogP contribution in [0.25, 0.3) is 16.1 Å². The highest BCUT2D eigenvalue weighted by Crippen LogP contribution is 2.41. The van der Waals surface area contributed by atoms with Crippen molar-refractivity contribution in [3.05, 3.63) is 95.6 Å². The van der Waals surface area contributed by atoms with Crippen LogP contribution in [0.15, 0.2) is 85.2 Å². The van der Waals surface area contributed by atoms with Crippen LogP contribution in [-0.2, 0) is 11.3 Å². The molecule has 1 amide bonds. The van der Waals surface area contributed by atoms with Gasteiger partial charge in [-0.05, 0) is 60.2 Å². The molecule has 2 fully saturated rings. The average molecular weight is 540 g/mol. The molecule has 1 aliphatic carbocycles. The van der Waals surface area contributed by atoms with E-state index >= 15 is 0 Å². The SMILES string of the molecule is O=C(O)c1sc(-c2ccccc2)cc1N1C(=O)CN(Cc2cccc(-n3cccc3)c2)CC1C1CCCCC1. The number of carboxylic acid groups (broad SMARTS) is 1. The zero-order valence-corrected chi connectivity index (χ0v) is 22.7. The Balaban J connectivity index is 1.32. The molecule has 6 nitrogen and oxygen atoms in total. The smallest absolute Gasteiger partial charge is 0.348 e. The summed E-state index contributed by atoms with van der Waals surface area (Å²) >= 11 is 1.26. The van der Waals surface area contributed by atoms with E-state index in [1.54, 1.807) is 0 Å². The maximum absolute atomic E-state index is 13.9. The molecule has 1 N–H and O–H groups in total. The van der Waals surface area contributed by atoms with Gasteiger partial charge in [0.25, 0.3) is 0 Å². The second-order valence-electron chi connectivity index (χ2n) is 10.7. The third kappa shape index (κ3) is 5.42. The number of carbonyl (C=O) groups excluding carboxylic acids is 1. The maximum Gasteiger partial charge on any atom is 0.348 e. The number of thiophene rings is 1. The Morgan fingerprint density at radius 1 is 0.923 bits per heavy atom. The van der Waals surface area contributed by atoms with E-state index in [2.05, 4.69) is 33.7 Å². The van der Waals surface area contributed by atoms with Gasteiger partial charge in [0.05, 0.1) is 18.3 Å². The third-order valence-corrected chi connectivity index (χ3v) is 9.20. The van der Waals surface area contributed by atoms with Crippen LogP contribution in [0.5, 0.6) is 0 Å². The fourth-order valence-corrected chi connectivity index (χ4v) is 7.21. The van der Waals surface area contributed by atoms with E-state index in [9.17, 15) is 14.7 Å². The minimum atomic E-state index is -0.975. The number of hydrogen-bond acceptors (Lipinski definition) is 4. The minimum absolute atomic E-state index is 0.0155. The molecule has 0 radical (unpaired) electrons. The largest absolute Gasteiger partial charge is 0.477 e. The molecule has 2 aliphatic rings. The number of carboxylic acids is 1. The van der Waals surface area contributed by atoms with Crippen LogP contribution in [-0.4, -0.2) is 45.6 Å². The number of hydrogen-bond donors (Lipinski definition) is 1. The van der Waals surface area contributed by atoms with Crippen LogP contribution in [0.4, 0.5) is 5.69 Å². The van der Waals surface area contributed by atoms with Gasteiger partial charge in [0, 0.05) is 36.0 Å². The first kappa shape index (κ1) is 25.6. The van der Waals surface area contributed by atoms with Crippen molar-refractivity contribution >= 4 is 28.9 Å². The fourth-order valence-electron chi connectivity index (χ4n) is 6.21. The number of aromatic carboxylic acids is 1. The standard InChI is InChI=1S/C32H33N3O3S/c36-30-22-33(20-23-10-9-15-26(18-23)34-16-7-8-17-34)21-28(24-11-3-1-4-12-24)35(30)27-19-29(39-31(27)32(37)38)25-13-5-2-6-14-25/h2,5-10,13-19,24,28H,1,3-4,11-12,20-22H2,(H,37,38). The van der Waals surface area contributed by atoms with Crippen LogP contribution < -0.4 is 4.90 Å². The Bertz CT molecular complexity index is 1440. The van der Waals surface area contributed by atoms with Gasteiger partial charge in [-0.15, -0.1) is 11.3 Å². The summed E-state index contributed by atoms with van der Waals surface area (Å²) in [6.45, 7) is 1.69. The molecular formula is C32H33N3O3S. The number of piperazine rings is 1. The van der Waals surface area contributed by atoms with Gasteiger partial charge >= 0.3 is 5.97 Å². The summed E-state index contributed by atoms with van der Waals surface area (Å²) in [5.74, 6) is -0.631. The quantitative estimate of drug-likeness (QED) is 0.284. The third-order valence-electron chi connectivity index (χ3n) is 8.04. The van der Waals surface area contributed by atoms with Gasteiger partial charge in [-0.2, -0.15) is 0 Å². The van der Waals surface area contributed by atoms with E-state index in [4.69, 9.17) is 0 Å². The van der Waals surface area contributed by atoms with Gasteiger partial charge in [0.2, 0.25) is 5.91 Å². The van der Waals surface area contributed by atoms with E-state index < -0.39 is 5.97 Å². The van der Waals surface area contributed by atoms with Gasteiger partial charge in [0.15, 0.2) is 0 Å². The highest BCUT2D eigenvalue weighted by molar-refractivity contribution is 7.18. The Morgan fingerprint density at radius 2 is 1.69 bits per heavy atom. The van der Waals surface area contributed by atoms with E-state index in [1.165, 1.54) is 17.8 Å². The number of amides is 1. The van der Waals surface area contributed by atoms with Crippen molar-refractivity contribution in [2.75, 3.05) is 18.0 Å². The highest BCUT2D eigenvalue weighted by Gasteiger charge is 2.40. The Hall–Kier alpha value is -3.68. The van der Waals surface area contributed by atoms with Crippen LogP contribution in [0.1, 0.15) is 47.3 Å². The molecule has 3 heterocycles. The number of anilines is 1. The molecule has 2 aromatic carbocycles. The maximum atomic E-state index is 13.9. The lowest BCUT2D eigenvalue weighted by Crippen LogP contribution is -2.59. The first-order valence-corrected chi connectivity index (χ1v) is 14.6. The summed E-state index contributed by atoms with van der Waals surface area (Å²) in [5.41, 5.74) is 3.79. The van der Waals surface area contributed by atoms with Crippen LogP contribution >= 0.6 is 11.3 Å². The highest BCUT2D eigenvalue weighted by atomic mass is 32.1. The number of benzene rings is 2. The van der Waals surface area contributed by atoms with Crippen LogP contribution in [0.3, 0.4) is 0 Å². The summed E-state index contributed by atoms with van der Waals surface area (Å²) in [4.78, 5) is 31.5. The molecule has 7 heteroatoms. The second-order valence-corrected chi connectivity index (χ2v) is 11.7. The van der Waals surface area contributed by atoms with E-state index in [-0.39, 0.29) is 23.4 Å². The Kier molecular flexibility index (Phi) is 7.35. The summed E-state index contributed by atoms with van der Waals surface area (Å²) < 4.78 is 2.09. The number of aromatic nitrogens is 1. The van der Waals surface area contributed by atoms with Gasteiger partial charge in [-0.1, -0.05) is 61.7 Å². The molecule has 1 atom stereocenters. The van der Waals surface area contributed by atoms with E-state index in [0.29, 0.717) is 18.2 Å². The van der Waals surface area contributed by atoms with E-state index in [1.807, 2.05) is 65.8 Å². The fraction of sp³-hybridized carbons (Fsp3) is 0.312. The monoisotopic (exact) mass is 539 g/mol. The molecule has 1 saturated carbocycles. The predicted molar refractivity (Wildman–Crippen MR) is 156 cm³/mol. The lowest BCUT2D eigenvalue weighted by atomic mass is 9.82. The molecule has 0 spiro atoms. The molecule has 1 unspecified atom stereocenters. The summed E-state index contributed by atoms with van der Waals surface area (Å²) in [6, 6.07) is 24.2. The van der Waals surface area contributed by atoms with Crippen LogP contribution in [0, 0.1) is 5.92 Å². The van der Waals surface area contributed by atoms with Crippen molar-refractivity contribution in [1.29, 1.82) is 0 Å². The molecule has 1 aliphatic heterocycles. The zero-order chi connectivity index (χ0) is 26.8. The number of carbonyl (C=O) groups is 2. The average Bonchev–Trinajstić information content (AvgIpc) is 3.65. The second kappa shape index (κ2) is 11.2. The molecular weight excluding hydrogens is 506 g/mol. The van der Waals surface area contributed by atoms with Crippen molar-refractivity contribution in [3.8, 4) is 16.1 Å². The van der Waals surface area contributed by atoms with Gasteiger partial charge < -0.3 is 14.6 Å². The Labute approximate surface area is 233 Å². The van der Waals surface area contributed by atoms with Gasteiger partial charge in [-0.3, -0.25) is 9.69 Å². The van der Waals surface area contributed by atoms with E-state index in [0.717, 1.165) is 53.9 Å². The molecule has 4 aromatic rings. The van der Waals surface area contributed by atoms with Crippen molar-refractivity contribution in [1.82, 2.24) is 9.47 Å². The van der Waals surface area contributed by atoms with Crippen molar-refractivity contribution in [3.63, 3.8) is 0 Å². The van der Waals surface area contributed by atoms with Crippen molar-refractivity contribution in [2.45, 2.75) is 44.7 Å². The molecule has 6 rings (SSSR count). The first-order chi connectivity index (χ1) is 19.1. The molecule has 1 saturated heterocycles. The molecule has 2 aromatic heterocycles. The lowest BCUT2D eigenvalue weighted by Gasteiger charge is -2.45. The number of rotatable bonds is 7. The van der Waals surface area contributed by atoms with Crippen molar-refractivity contribution in [2.24, 2.45) is 5.92 Å². The molecule has 200 valence electrons. The normalized spacial score (nSPS) is 18.9. The van der Waals surface area contributed by atoms with Gasteiger partial charge in [0.1, 0.15) is 4.88 Å². The topological polar surface area (TPSA) is 65.8 Å². The summed E-state index contributed by atoms with van der Waals surface area (Å²) in [6.07, 6.45) is 9.76. The summed E-state index contributed by atoms with van der Waals surface area (Å²) in [5, 5.41) is 10.2. The number of nitrogens with zero attached hydrogens (tertiary/aromatic N) is 3. The molecule has 0 bridgehead atoms. The predicted octanol–water partition coefficient (Wildman–Crippen LogP) is 6.70. The lowest BCUT2D eigenvalue weighted by molar-refractivity contribution is -0.123. The molecule has 39 heavy (non-hydrogen) atoms. The Morgan fingerprint density at radius 3 is 2.44 bits per heavy atom. The minimum Gasteiger partial charge on any atom is -0.477 e. The summed E-state index contributed by atoms with van der Waals surface area (Å²) in [7, 11) is 0. The van der Waals surface area contributed by atoms with Gasteiger partial charge in [-0.25, -0.2) is 4.79 Å². The zero-order valence-electron chi connectivity index (χ0n) is 21.9. The van der Waals surface area contributed by atoms with Crippen LogP contribution in [0.2, 0.25) is 0 Å². The first-order valence-electron chi connectivity index (χ1n) is 13.8. The van der Waals surface area contributed by atoms with Crippen molar-refractivity contribution < 1.29 is 14.7 Å².